The Morgan fingerprint density at radius 2 is 2.00 bits per heavy atom. The summed E-state index contributed by atoms with van der Waals surface area (Å²) >= 11 is 0. The van der Waals surface area contributed by atoms with Gasteiger partial charge in [0.05, 0.1) is 0 Å². The number of piperazine rings is 1. The van der Waals surface area contributed by atoms with E-state index in [-0.39, 0.29) is 5.91 Å². The number of rotatable bonds is 0. The highest BCUT2D eigenvalue weighted by atomic mass is 16.2. The predicted molar refractivity (Wildman–Crippen MR) is 47.5 cm³/mol. The lowest BCUT2D eigenvalue weighted by atomic mass is 10.1. The summed E-state index contributed by atoms with van der Waals surface area (Å²) in [5.74, 6) is 1.94. The third-order valence-electron chi connectivity index (χ3n) is 1.97. The second-order valence-corrected chi connectivity index (χ2v) is 3.32. The molecule has 1 amide bonds. The molecule has 0 spiro atoms. The second kappa shape index (κ2) is 3.59. The number of nitrogens with zero attached hydrogens (tertiary/aromatic N) is 1. The molecule has 0 aromatic rings. The van der Waals surface area contributed by atoms with Gasteiger partial charge in [-0.25, -0.2) is 0 Å². The van der Waals surface area contributed by atoms with Crippen LogP contribution in [0.1, 0.15) is 13.8 Å². The van der Waals surface area contributed by atoms with Crippen molar-refractivity contribution in [3.63, 3.8) is 0 Å². The van der Waals surface area contributed by atoms with E-state index in [0.29, 0.717) is 25.2 Å². The first kappa shape index (κ1) is 9.08. The zero-order valence-corrected chi connectivity index (χ0v) is 7.50. The van der Waals surface area contributed by atoms with Gasteiger partial charge in [0.2, 0.25) is 0 Å². The number of nitrogens with one attached hydrogen (secondary N) is 1. The summed E-state index contributed by atoms with van der Waals surface area (Å²) < 4.78 is 0. The topological polar surface area (TPSA) is 32.3 Å². The van der Waals surface area contributed by atoms with Crippen LogP contribution in [0.5, 0.6) is 0 Å². The van der Waals surface area contributed by atoms with E-state index in [4.69, 9.17) is 6.42 Å². The maximum atomic E-state index is 11.1. The largest absolute Gasteiger partial charge is 0.329 e. The first-order chi connectivity index (χ1) is 5.63. The van der Waals surface area contributed by atoms with Crippen molar-refractivity contribution in [3.05, 3.63) is 0 Å². The Morgan fingerprint density at radius 1 is 1.50 bits per heavy atom. The fraction of sp³-hybridized carbons (Fsp3) is 0.667. The molecule has 0 aromatic carbocycles. The van der Waals surface area contributed by atoms with Gasteiger partial charge in [-0.1, -0.05) is 0 Å². The van der Waals surface area contributed by atoms with Crippen LogP contribution in [0.2, 0.25) is 0 Å². The standard InChI is InChI=1S/C9H14N2O/c1-4-9(12)11-5-7(2)10-8(3)6-11/h1,7-8,10H,5-6H2,2-3H3. The lowest BCUT2D eigenvalue weighted by Gasteiger charge is -2.34. The van der Waals surface area contributed by atoms with Crippen molar-refractivity contribution in [2.45, 2.75) is 25.9 Å². The summed E-state index contributed by atoms with van der Waals surface area (Å²) in [6, 6.07) is 0.678. The van der Waals surface area contributed by atoms with E-state index in [1.54, 1.807) is 4.90 Å². The lowest BCUT2D eigenvalue weighted by molar-refractivity contribution is -0.126. The Hall–Kier alpha value is -1.01. The Bertz CT molecular complexity index is 209. The summed E-state index contributed by atoms with van der Waals surface area (Å²) in [6.45, 7) is 5.53. The molecule has 0 bridgehead atoms. The van der Waals surface area contributed by atoms with Crippen molar-refractivity contribution in [1.29, 1.82) is 0 Å². The van der Waals surface area contributed by atoms with E-state index in [2.05, 4.69) is 11.2 Å². The Balaban J connectivity index is 2.56. The third kappa shape index (κ3) is 1.99. The molecule has 1 rings (SSSR count). The van der Waals surface area contributed by atoms with Gasteiger partial charge in [0, 0.05) is 25.2 Å². The van der Waals surface area contributed by atoms with Gasteiger partial charge in [-0.3, -0.25) is 4.79 Å². The van der Waals surface area contributed by atoms with Crippen LogP contribution < -0.4 is 5.32 Å². The van der Waals surface area contributed by atoms with Gasteiger partial charge in [0.25, 0.3) is 5.91 Å². The minimum absolute atomic E-state index is 0.199. The molecule has 2 atom stereocenters. The summed E-state index contributed by atoms with van der Waals surface area (Å²) in [5.41, 5.74) is 0. The van der Waals surface area contributed by atoms with Crippen LogP contribution in [0.4, 0.5) is 0 Å². The molecule has 3 heteroatoms. The van der Waals surface area contributed by atoms with Crippen molar-refractivity contribution in [1.82, 2.24) is 10.2 Å². The van der Waals surface area contributed by atoms with Crippen LogP contribution in [-0.4, -0.2) is 36.0 Å². The second-order valence-electron chi connectivity index (χ2n) is 3.32. The molecule has 12 heavy (non-hydrogen) atoms. The maximum Gasteiger partial charge on any atom is 0.298 e. The highest BCUT2D eigenvalue weighted by Gasteiger charge is 2.23. The van der Waals surface area contributed by atoms with Crippen molar-refractivity contribution >= 4 is 5.91 Å². The Labute approximate surface area is 73.1 Å². The van der Waals surface area contributed by atoms with Crippen LogP contribution in [-0.2, 0) is 4.79 Å². The lowest BCUT2D eigenvalue weighted by Crippen LogP contribution is -2.55. The molecule has 0 saturated carbocycles. The van der Waals surface area contributed by atoms with Gasteiger partial charge in [-0.05, 0) is 19.8 Å². The SMILES string of the molecule is C#CC(=O)N1CC(C)NC(C)C1. The number of carbonyl (C=O) groups is 1. The van der Waals surface area contributed by atoms with Crippen molar-refractivity contribution in [3.8, 4) is 12.3 Å². The molecule has 1 fully saturated rings. The Morgan fingerprint density at radius 3 is 2.42 bits per heavy atom. The molecular formula is C9H14N2O. The highest BCUT2D eigenvalue weighted by molar-refractivity contribution is 5.93. The van der Waals surface area contributed by atoms with Crippen LogP contribution in [0, 0.1) is 12.3 Å². The average Bonchev–Trinajstić information content (AvgIpc) is 2.01. The molecule has 1 N–H and O–H groups in total. The number of hydrogen-bond donors (Lipinski definition) is 1. The minimum Gasteiger partial charge on any atom is -0.329 e. The molecule has 0 aliphatic carbocycles. The summed E-state index contributed by atoms with van der Waals surface area (Å²) in [7, 11) is 0. The summed E-state index contributed by atoms with van der Waals surface area (Å²) in [6.07, 6.45) is 5.03. The zero-order chi connectivity index (χ0) is 9.14. The average molecular weight is 166 g/mol. The molecule has 1 heterocycles. The molecular weight excluding hydrogens is 152 g/mol. The van der Waals surface area contributed by atoms with Crippen molar-refractivity contribution in [2.24, 2.45) is 0 Å². The van der Waals surface area contributed by atoms with E-state index in [9.17, 15) is 4.79 Å². The van der Waals surface area contributed by atoms with Gasteiger partial charge in [-0.2, -0.15) is 0 Å². The molecule has 1 aliphatic rings. The fourth-order valence-corrected chi connectivity index (χ4v) is 1.58. The summed E-state index contributed by atoms with van der Waals surface area (Å²) in [4.78, 5) is 12.8. The zero-order valence-electron chi connectivity index (χ0n) is 7.50. The van der Waals surface area contributed by atoms with E-state index in [0.717, 1.165) is 0 Å². The summed E-state index contributed by atoms with van der Waals surface area (Å²) in [5, 5.41) is 3.33. The molecule has 1 saturated heterocycles. The first-order valence-corrected chi connectivity index (χ1v) is 4.15. The monoisotopic (exact) mass is 166 g/mol. The predicted octanol–water partition coefficient (Wildman–Crippen LogP) is -0.172. The molecule has 0 aromatic heterocycles. The maximum absolute atomic E-state index is 11.1. The van der Waals surface area contributed by atoms with Gasteiger partial charge in [0.15, 0.2) is 0 Å². The first-order valence-electron chi connectivity index (χ1n) is 4.15. The van der Waals surface area contributed by atoms with E-state index in [1.807, 2.05) is 13.8 Å². The molecule has 66 valence electrons. The third-order valence-corrected chi connectivity index (χ3v) is 1.97. The van der Waals surface area contributed by atoms with Crippen molar-refractivity contribution < 1.29 is 4.79 Å². The van der Waals surface area contributed by atoms with Gasteiger partial charge in [-0.15, -0.1) is 6.42 Å². The van der Waals surface area contributed by atoms with Gasteiger partial charge < -0.3 is 10.2 Å². The van der Waals surface area contributed by atoms with Gasteiger partial charge in [0.1, 0.15) is 0 Å². The van der Waals surface area contributed by atoms with Crippen LogP contribution in [0.15, 0.2) is 0 Å². The van der Waals surface area contributed by atoms with Crippen LogP contribution in [0.25, 0.3) is 0 Å². The van der Waals surface area contributed by atoms with E-state index >= 15 is 0 Å². The number of carbonyl (C=O) groups excluding carboxylic acids is 1. The number of hydrogen-bond acceptors (Lipinski definition) is 2. The highest BCUT2D eigenvalue weighted by Crippen LogP contribution is 2.03. The normalized spacial score (nSPS) is 29.6. The minimum atomic E-state index is -0.199. The number of amides is 1. The van der Waals surface area contributed by atoms with Crippen LogP contribution >= 0.6 is 0 Å². The van der Waals surface area contributed by atoms with Gasteiger partial charge >= 0.3 is 0 Å². The molecule has 2 unspecified atom stereocenters. The fourth-order valence-electron chi connectivity index (χ4n) is 1.58. The quantitative estimate of drug-likeness (QED) is 0.507. The van der Waals surface area contributed by atoms with Crippen molar-refractivity contribution in [2.75, 3.05) is 13.1 Å². The Kier molecular flexibility index (Phi) is 2.72. The molecule has 3 nitrogen and oxygen atoms in total. The smallest absolute Gasteiger partial charge is 0.298 e. The number of terminal acetylenes is 1. The van der Waals surface area contributed by atoms with E-state index < -0.39 is 0 Å². The molecule has 1 aliphatic heterocycles. The van der Waals surface area contributed by atoms with E-state index in [1.165, 1.54) is 0 Å². The molecule has 0 radical (unpaired) electrons. The van der Waals surface area contributed by atoms with Crippen LogP contribution in [0.3, 0.4) is 0 Å².